The normalized spacial score (nSPS) is 16.1. The van der Waals surface area contributed by atoms with Crippen molar-refractivity contribution in [3.8, 4) is 0 Å². The molecule has 2 atom stereocenters. The lowest BCUT2D eigenvalue weighted by Gasteiger charge is -2.44. The van der Waals surface area contributed by atoms with Crippen LogP contribution in [0.25, 0.3) is 0 Å². The molecule has 0 aliphatic rings. The zero-order valence-corrected chi connectivity index (χ0v) is 21.0. The second kappa shape index (κ2) is 9.17. The molecule has 6 heteroatoms. The quantitative estimate of drug-likeness (QED) is 0.273. The maximum absolute atomic E-state index is 12.6. The van der Waals surface area contributed by atoms with Crippen LogP contribution < -0.4 is 0 Å². The Kier molecular flexibility index (Phi) is 9.02. The summed E-state index contributed by atoms with van der Waals surface area (Å²) in [6, 6.07) is 0. The summed E-state index contributed by atoms with van der Waals surface area (Å²) in [5.74, 6) is -0.345. The highest BCUT2D eigenvalue weighted by Gasteiger charge is 2.46. The third kappa shape index (κ3) is 6.94. The molecule has 0 aromatic heterocycles. The standard InChI is InChI=1S/C20H42O4Si2/c1-13-14-15-16(23-25(9,10)19(2,3)4)17(18(21)22-8)24-26(11,12)20(5,6)7/h13,16-17H,1,14-15H2,2-12H3/t16-,17-/m0/s1. The minimum absolute atomic E-state index is 0.000762. The van der Waals surface area contributed by atoms with Gasteiger partial charge in [-0.3, -0.25) is 0 Å². The molecule has 0 radical (unpaired) electrons. The fraction of sp³-hybridized carbons (Fsp3) is 0.850. The van der Waals surface area contributed by atoms with Gasteiger partial charge in [-0.15, -0.1) is 6.58 Å². The zero-order chi connectivity index (χ0) is 21.0. The van der Waals surface area contributed by atoms with Crippen LogP contribution in [0, 0.1) is 0 Å². The zero-order valence-electron chi connectivity index (χ0n) is 19.0. The number of esters is 1. The van der Waals surface area contributed by atoms with Crippen LogP contribution in [0.5, 0.6) is 0 Å². The molecule has 0 saturated heterocycles. The summed E-state index contributed by atoms with van der Waals surface area (Å²) in [5.41, 5.74) is 0. The minimum atomic E-state index is -2.16. The van der Waals surface area contributed by atoms with Gasteiger partial charge >= 0.3 is 5.97 Å². The third-order valence-electron chi connectivity index (χ3n) is 5.91. The van der Waals surface area contributed by atoms with Gasteiger partial charge in [-0.25, -0.2) is 4.79 Å². The van der Waals surface area contributed by atoms with Gasteiger partial charge in [0.05, 0.1) is 13.2 Å². The second-order valence-electron chi connectivity index (χ2n) is 10.1. The molecular weight excluding hydrogens is 360 g/mol. The molecule has 0 aliphatic carbocycles. The van der Waals surface area contributed by atoms with E-state index in [1.807, 2.05) is 6.08 Å². The summed E-state index contributed by atoms with van der Waals surface area (Å²) >= 11 is 0. The first-order valence-electron chi connectivity index (χ1n) is 9.54. The largest absolute Gasteiger partial charge is 0.467 e. The number of methoxy groups -OCH3 is 1. The van der Waals surface area contributed by atoms with Crippen LogP contribution >= 0.6 is 0 Å². The molecule has 0 spiro atoms. The Hall–Kier alpha value is -0.436. The van der Waals surface area contributed by atoms with Gasteiger partial charge < -0.3 is 13.6 Å². The highest BCUT2D eigenvalue weighted by atomic mass is 28.4. The third-order valence-corrected chi connectivity index (χ3v) is 14.9. The van der Waals surface area contributed by atoms with Crippen molar-refractivity contribution in [3.05, 3.63) is 12.7 Å². The first-order chi connectivity index (χ1) is 11.5. The summed E-state index contributed by atoms with van der Waals surface area (Å²) in [4.78, 5) is 12.6. The van der Waals surface area contributed by atoms with Crippen molar-refractivity contribution in [1.82, 2.24) is 0 Å². The predicted octanol–water partition coefficient (Wildman–Crippen LogP) is 5.91. The summed E-state index contributed by atoms with van der Waals surface area (Å²) in [7, 11) is -2.81. The number of hydrogen-bond donors (Lipinski definition) is 0. The van der Waals surface area contributed by atoms with Gasteiger partial charge in [0.2, 0.25) is 0 Å². The Morgan fingerprint density at radius 1 is 0.962 bits per heavy atom. The second-order valence-corrected chi connectivity index (χ2v) is 19.6. The molecule has 0 heterocycles. The SMILES string of the molecule is C=CCC[C@H](O[Si](C)(C)C(C)(C)C)[C@H](O[Si](C)(C)C(C)(C)C)C(=O)OC. The van der Waals surface area contributed by atoms with Crippen molar-refractivity contribution in [2.24, 2.45) is 0 Å². The van der Waals surface area contributed by atoms with Crippen LogP contribution in [0.15, 0.2) is 12.7 Å². The molecule has 0 bridgehead atoms. The van der Waals surface area contributed by atoms with Crippen LogP contribution in [-0.4, -0.2) is 41.9 Å². The molecule has 0 aromatic carbocycles. The number of rotatable bonds is 9. The molecule has 0 saturated carbocycles. The van der Waals surface area contributed by atoms with Gasteiger partial charge in [-0.05, 0) is 49.1 Å². The van der Waals surface area contributed by atoms with E-state index in [4.69, 9.17) is 13.6 Å². The van der Waals surface area contributed by atoms with Gasteiger partial charge in [-0.1, -0.05) is 47.6 Å². The Labute approximate surface area is 163 Å². The Morgan fingerprint density at radius 2 is 1.38 bits per heavy atom. The molecule has 154 valence electrons. The molecular formula is C20H42O4Si2. The Morgan fingerprint density at radius 3 is 1.73 bits per heavy atom. The van der Waals surface area contributed by atoms with Crippen LogP contribution in [0.1, 0.15) is 54.4 Å². The van der Waals surface area contributed by atoms with Gasteiger partial charge in [0.25, 0.3) is 0 Å². The van der Waals surface area contributed by atoms with E-state index in [1.165, 1.54) is 7.11 Å². The molecule has 0 aliphatic heterocycles. The van der Waals surface area contributed by atoms with Gasteiger partial charge in [0.15, 0.2) is 22.7 Å². The number of carbonyl (C=O) groups is 1. The van der Waals surface area contributed by atoms with E-state index in [1.54, 1.807) is 0 Å². The molecule has 4 nitrogen and oxygen atoms in total. The van der Waals surface area contributed by atoms with E-state index in [-0.39, 0.29) is 22.1 Å². The number of hydrogen-bond acceptors (Lipinski definition) is 4. The van der Waals surface area contributed by atoms with Crippen LogP contribution in [0.4, 0.5) is 0 Å². The first kappa shape index (κ1) is 25.6. The lowest BCUT2D eigenvalue weighted by Crippen LogP contribution is -2.54. The fourth-order valence-electron chi connectivity index (χ4n) is 2.00. The lowest BCUT2D eigenvalue weighted by molar-refractivity contribution is -0.154. The van der Waals surface area contributed by atoms with Crippen molar-refractivity contribution in [2.75, 3.05) is 7.11 Å². The van der Waals surface area contributed by atoms with E-state index >= 15 is 0 Å². The molecule has 0 aromatic rings. The van der Waals surface area contributed by atoms with Crippen molar-refractivity contribution in [3.63, 3.8) is 0 Å². The van der Waals surface area contributed by atoms with E-state index in [0.29, 0.717) is 6.42 Å². The molecule has 0 N–H and O–H groups in total. The maximum Gasteiger partial charge on any atom is 0.336 e. The predicted molar refractivity (Wildman–Crippen MR) is 116 cm³/mol. The summed E-state index contributed by atoms with van der Waals surface area (Å²) < 4.78 is 18.2. The molecule has 0 amide bonds. The number of allylic oxidation sites excluding steroid dienone is 1. The topological polar surface area (TPSA) is 44.8 Å². The van der Waals surface area contributed by atoms with E-state index in [0.717, 1.165) is 6.42 Å². The smallest absolute Gasteiger partial charge is 0.336 e. The maximum atomic E-state index is 12.6. The Balaban J connectivity index is 5.83. The van der Waals surface area contributed by atoms with E-state index in [2.05, 4.69) is 74.3 Å². The lowest BCUT2D eigenvalue weighted by atomic mass is 10.1. The van der Waals surface area contributed by atoms with E-state index in [9.17, 15) is 4.79 Å². The molecule has 26 heavy (non-hydrogen) atoms. The summed E-state index contributed by atoms with van der Waals surface area (Å²) in [5, 5.41) is 0.0519. The van der Waals surface area contributed by atoms with Crippen molar-refractivity contribution < 1.29 is 18.4 Å². The summed E-state index contributed by atoms with van der Waals surface area (Å²) in [6.07, 6.45) is 2.31. The fourth-order valence-corrected chi connectivity index (χ4v) is 4.58. The molecule has 0 rings (SSSR count). The average molecular weight is 403 g/mol. The van der Waals surface area contributed by atoms with Gasteiger partial charge in [0.1, 0.15) is 0 Å². The highest BCUT2D eigenvalue weighted by molar-refractivity contribution is 6.74. The molecule has 0 fully saturated rings. The van der Waals surface area contributed by atoms with Gasteiger partial charge in [0, 0.05) is 0 Å². The van der Waals surface area contributed by atoms with Crippen LogP contribution in [0.3, 0.4) is 0 Å². The average Bonchev–Trinajstić information content (AvgIpc) is 2.46. The highest BCUT2D eigenvalue weighted by Crippen LogP contribution is 2.41. The van der Waals surface area contributed by atoms with E-state index < -0.39 is 22.7 Å². The van der Waals surface area contributed by atoms with Crippen LogP contribution in [0.2, 0.25) is 36.3 Å². The monoisotopic (exact) mass is 402 g/mol. The summed E-state index contributed by atoms with van der Waals surface area (Å²) in [6.45, 7) is 25.6. The number of ether oxygens (including phenoxy) is 1. The van der Waals surface area contributed by atoms with Gasteiger partial charge in [-0.2, -0.15) is 0 Å². The van der Waals surface area contributed by atoms with Crippen molar-refractivity contribution in [1.29, 1.82) is 0 Å². The van der Waals surface area contributed by atoms with Crippen molar-refractivity contribution in [2.45, 2.75) is 103 Å². The molecule has 0 unspecified atom stereocenters. The Bertz CT molecular complexity index is 473. The van der Waals surface area contributed by atoms with Crippen molar-refractivity contribution >= 4 is 22.6 Å². The first-order valence-corrected chi connectivity index (χ1v) is 15.4. The number of carbonyl (C=O) groups excluding carboxylic acids is 1. The minimum Gasteiger partial charge on any atom is -0.467 e. The van der Waals surface area contributed by atoms with Crippen LogP contribution in [-0.2, 0) is 18.4 Å².